The molecule has 0 aliphatic heterocycles. The van der Waals surface area contributed by atoms with Crippen molar-refractivity contribution >= 4 is 73.2 Å². The van der Waals surface area contributed by atoms with E-state index in [1.54, 1.807) is 102 Å². The van der Waals surface area contributed by atoms with Gasteiger partial charge in [0.1, 0.15) is 32.9 Å². The van der Waals surface area contributed by atoms with Crippen LogP contribution in [-0.2, 0) is 46.3 Å². The van der Waals surface area contributed by atoms with E-state index in [1.807, 2.05) is 27.7 Å². The quantitative estimate of drug-likeness (QED) is 0.0844. The van der Waals surface area contributed by atoms with E-state index in [0.29, 0.717) is 11.1 Å². The maximum absolute atomic E-state index is 14.2. The van der Waals surface area contributed by atoms with Gasteiger partial charge in [-0.3, -0.25) is 24.0 Å². The molecular weight excluding hydrogens is 876 g/mol. The Hall–Kier alpha value is -4.11. The average molecular weight is 937 g/mol. The molecule has 2 rings (SSSR count). The third-order valence-electron chi connectivity index (χ3n) is 8.31. The summed E-state index contributed by atoms with van der Waals surface area (Å²) in [5, 5.41) is 10.7. The van der Waals surface area contributed by atoms with Crippen LogP contribution in [0.4, 0.5) is 9.59 Å². The summed E-state index contributed by atoms with van der Waals surface area (Å²) < 4.78 is 10.7. The van der Waals surface area contributed by atoms with E-state index in [9.17, 15) is 33.6 Å². The highest BCUT2D eigenvalue weighted by molar-refractivity contribution is 9.11. The SMILES string of the molecule is CC(C)C[C@H](NC(=O)OC(C)(C)C)C(=O)N[C@@H](Cc1ccccc1)C(=O)C(Br)C(=O)C(Br)C(=O)[C@H](Cc1ccccc1)NC(=O)[C@H](CC(C)C)NC(=O)OC(C)(C)C. The van der Waals surface area contributed by atoms with Gasteiger partial charge in [0, 0.05) is 0 Å². The van der Waals surface area contributed by atoms with Crippen LogP contribution < -0.4 is 21.3 Å². The van der Waals surface area contributed by atoms with E-state index in [0.717, 1.165) is 0 Å². The number of carbonyl (C=O) groups is 7. The molecule has 0 heterocycles. The lowest BCUT2D eigenvalue weighted by atomic mass is 9.94. The molecular formula is C43H60Br2N4O9. The lowest BCUT2D eigenvalue weighted by Crippen LogP contribution is -2.56. The normalized spacial score (nSPS) is 14.9. The lowest BCUT2D eigenvalue weighted by molar-refractivity contribution is -0.134. The van der Waals surface area contributed by atoms with Crippen LogP contribution >= 0.6 is 31.9 Å². The molecule has 6 atom stereocenters. The van der Waals surface area contributed by atoms with Gasteiger partial charge in [0.05, 0.1) is 12.1 Å². The third-order valence-corrected chi connectivity index (χ3v) is 10.1. The van der Waals surface area contributed by atoms with Gasteiger partial charge in [-0.1, -0.05) is 120 Å². The number of halogens is 2. The molecule has 0 fully saturated rings. The maximum Gasteiger partial charge on any atom is 0.408 e. The Bertz CT molecular complexity index is 1590. The number of Topliss-reactive ketones (excluding diaryl/α,β-unsaturated/α-hetero) is 3. The predicted octanol–water partition coefficient (Wildman–Crippen LogP) is 6.55. The molecule has 4 amide bonds. The van der Waals surface area contributed by atoms with E-state index >= 15 is 0 Å². The van der Waals surface area contributed by atoms with Crippen LogP contribution in [0.3, 0.4) is 0 Å². The number of nitrogens with one attached hydrogen (secondary N) is 4. The van der Waals surface area contributed by atoms with Gasteiger partial charge >= 0.3 is 12.2 Å². The van der Waals surface area contributed by atoms with Gasteiger partial charge in [0.25, 0.3) is 0 Å². The number of ether oxygens (including phenoxy) is 2. The fourth-order valence-corrected chi connectivity index (χ4v) is 7.28. The van der Waals surface area contributed by atoms with Gasteiger partial charge in [-0.15, -0.1) is 0 Å². The second-order valence-electron chi connectivity index (χ2n) is 17.1. The monoisotopic (exact) mass is 934 g/mol. The van der Waals surface area contributed by atoms with Crippen molar-refractivity contribution in [1.82, 2.24) is 21.3 Å². The fourth-order valence-electron chi connectivity index (χ4n) is 5.76. The van der Waals surface area contributed by atoms with Gasteiger partial charge in [-0.05, 0) is 90.2 Å². The molecule has 0 saturated carbocycles. The summed E-state index contributed by atoms with van der Waals surface area (Å²) in [5.41, 5.74) is -0.279. The minimum absolute atomic E-state index is 0.00287. The second-order valence-corrected chi connectivity index (χ2v) is 18.9. The Morgan fingerprint density at radius 3 is 1.09 bits per heavy atom. The third kappa shape index (κ3) is 18.2. The fraction of sp³-hybridized carbons (Fsp3) is 0.558. The summed E-state index contributed by atoms with van der Waals surface area (Å²) in [7, 11) is 0. The Morgan fingerprint density at radius 1 is 0.500 bits per heavy atom. The zero-order valence-corrected chi connectivity index (χ0v) is 38.3. The molecule has 320 valence electrons. The van der Waals surface area contributed by atoms with E-state index in [4.69, 9.17) is 9.47 Å². The molecule has 0 bridgehead atoms. The second kappa shape index (κ2) is 22.9. The predicted molar refractivity (Wildman–Crippen MR) is 230 cm³/mol. The van der Waals surface area contributed by atoms with Gasteiger partial charge in [-0.25, -0.2) is 9.59 Å². The number of hydrogen-bond donors (Lipinski definition) is 4. The Kier molecular flexibility index (Phi) is 19.7. The van der Waals surface area contributed by atoms with Crippen molar-refractivity contribution in [3.8, 4) is 0 Å². The molecule has 0 aliphatic rings. The number of ketones is 3. The number of hydrogen-bond acceptors (Lipinski definition) is 9. The Morgan fingerprint density at radius 2 is 0.810 bits per heavy atom. The standard InChI is InChI=1S/C43H60Br2N4O9/c1-25(2)21-31(48-40(55)57-42(5,6)7)38(53)46-29(23-27-17-13-11-14-18-27)35(50)33(44)37(52)34(45)36(51)30(24-28-19-15-12-16-20-28)47-39(54)32(22-26(3)4)49-41(56)58-43(8,9)10/h11-20,25-26,29-34H,21-24H2,1-10H3,(H,46,53)(H,47,54)(H,48,55)(H,49,56)/t29-,30-,31-,32-,33?,34?/m0/s1. The minimum Gasteiger partial charge on any atom is -0.444 e. The average Bonchev–Trinajstić information content (AvgIpc) is 3.11. The highest BCUT2D eigenvalue weighted by Gasteiger charge is 2.41. The lowest BCUT2D eigenvalue weighted by Gasteiger charge is -2.28. The van der Waals surface area contributed by atoms with Gasteiger partial charge < -0.3 is 30.7 Å². The first-order valence-corrected chi connectivity index (χ1v) is 21.3. The van der Waals surface area contributed by atoms with E-state index in [2.05, 4.69) is 53.1 Å². The molecule has 0 spiro atoms. The van der Waals surface area contributed by atoms with Crippen molar-refractivity contribution in [2.45, 2.75) is 140 Å². The number of alkyl carbamates (subject to hydrolysis) is 2. The number of carbonyl (C=O) groups excluding carboxylic acids is 7. The molecule has 0 aromatic heterocycles. The number of amides is 4. The summed E-state index contributed by atoms with van der Waals surface area (Å²) >= 11 is 6.46. The number of alkyl halides is 2. The smallest absolute Gasteiger partial charge is 0.408 e. The summed E-state index contributed by atoms with van der Waals surface area (Å²) in [6.45, 7) is 17.7. The minimum atomic E-state index is -1.58. The zero-order valence-electron chi connectivity index (χ0n) is 35.2. The van der Waals surface area contributed by atoms with Crippen LogP contribution in [0.1, 0.15) is 93.2 Å². The topological polar surface area (TPSA) is 186 Å². The number of rotatable bonds is 20. The van der Waals surface area contributed by atoms with Crippen LogP contribution in [0.5, 0.6) is 0 Å². The Balaban J connectivity index is 2.41. The first-order valence-electron chi connectivity index (χ1n) is 19.4. The number of benzene rings is 2. The summed E-state index contributed by atoms with van der Waals surface area (Å²) in [4.78, 5) is 92.2. The summed E-state index contributed by atoms with van der Waals surface area (Å²) in [6.07, 6.45) is -1.16. The molecule has 4 N–H and O–H groups in total. The van der Waals surface area contributed by atoms with Gasteiger partial charge in [0.2, 0.25) is 11.8 Å². The maximum atomic E-state index is 14.2. The van der Waals surface area contributed by atoms with E-state index in [1.165, 1.54) is 0 Å². The molecule has 15 heteroatoms. The van der Waals surface area contributed by atoms with Crippen molar-refractivity contribution < 1.29 is 43.0 Å². The largest absolute Gasteiger partial charge is 0.444 e. The summed E-state index contributed by atoms with van der Waals surface area (Å²) in [5.74, 6) is -3.70. The highest BCUT2D eigenvalue weighted by atomic mass is 79.9. The van der Waals surface area contributed by atoms with Crippen molar-refractivity contribution in [3.63, 3.8) is 0 Å². The molecule has 58 heavy (non-hydrogen) atoms. The van der Waals surface area contributed by atoms with Gasteiger partial charge in [0.15, 0.2) is 17.3 Å². The molecule has 2 unspecified atom stereocenters. The van der Waals surface area contributed by atoms with Crippen molar-refractivity contribution in [3.05, 3.63) is 71.8 Å². The van der Waals surface area contributed by atoms with Gasteiger partial charge in [-0.2, -0.15) is 0 Å². The first kappa shape index (κ1) is 50.0. The Labute approximate surface area is 359 Å². The van der Waals surface area contributed by atoms with E-state index < -0.39 is 86.4 Å². The van der Waals surface area contributed by atoms with Crippen molar-refractivity contribution in [2.24, 2.45) is 11.8 Å². The molecule has 0 saturated heterocycles. The molecule has 0 aliphatic carbocycles. The molecule has 2 aromatic carbocycles. The highest BCUT2D eigenvalue weighted by Crippen LogP contribution is 2.20. The van der Waals surface area contributed by atoms with E-state index in [-0.39, 0.29) is 37.5 Å². The molecule has 0 radical (unpaired) electrons. The van der Waals surface area contributed by atoms with Crippen LogP contribution in [0.25, 0.3) is 0 Å². The van der Waals surface area contributed by atoms with Crippen LogP contribution in [0, 0.1) is 11.8 Å². The van der Waals surface area contributed by atoms with Crippen molar-refractivity contribution in [2.75, 3.05) is 0 Å². The van der Waals surface area contributed by atoms with Crippen molar-refractivity contribution in [1.29, 1.82) is 0 Å². The molecule has 2 aromatic rings. The van der Waals surface area contributed by atoms with Crippen LogP contribution in [-0.4, -0.2) is 86.4 Å². The van der Waals surface area contributed by atoms with Crippen LogP contribution in [0.2, 0.25) is 0 Å². The van der Waals surface area contributed by atoms with Crippen LogP contribution in [0.15, 0.2) is 60.7 Å². The summed E-state index contributed by atoms with van der Waals surface area (Å²) in [6, 6.07) is 13.1. The zero-order chi connectivity index (χ0) is 44.0. The first-order chi connectivity index (χ1) is 26.9. The molecule has 13 nitrogen and oxygen atoms in total.